The van der Waals surface area contributed by atoms with Crippen LogP contribution in [-0.2, 0) is 16.0 Å². The van der Waals surface area contributed by atoms with Gasteiger partial charge in [0.25, 0.3) is 0 Å². The molecule has 3 atom stereocenters. The fraction of sp³-hybridized carbons (Fsp3) is 0.200. The molecule has 5 heteroatoms. The van der Waals surface area contributed by atoms with Crippen LogP contribution in [0.15, 0.2) is 91.0 Å². The number of carbonyl (C=O) groups is 2. The maximum atomic E-state index is 13.2. The van der Waals surface area contributed by atoms with E-state index in [1.54, 1.807) is 0 Å². The summed E-state index contributed by atoms with van der Waals surface area (Å²) in [5, 5.41) is 2.98. The molecular weight excluding hydrogens is 374 g/mol. The number of hydrogen-bond acceptors (Lipinski definition) is 3. The SMILES string of the molecule is O=C(NCCc1ccccc1)C1C(=O)NNC(c2ccccc2)C1c1ccccc1. The standard InChI is InChI=1S/C25H25N3O2/c29-24(26-17-16-18-10-4-1-5-11-18)22-21(19-12-6-2-7-13-19)23(27-28-25(22)30)20-14-8-3-9-15-20/h1-15,21-23,27H,16-17H2,(H,26,29)(H,28,30). The van der Waals surface area contributed by atoms with Gasteiger partial charge >= 0.3 is 0 Å². The van der Waals surface area contributed by atoms with Crippen molar-refractivity contribution in [1.29, 1.82) is 0 Å². The van der Waals surface area contributed by atoms with Crippen molar-refractivity contribution >= 4 is 11.8 Å². The third kappa shape index (κ3) is 4.42. The summed E-state index contributed by atoms with van der Waals surface area (Å²) in [7, 11) is 0. The number of amides is 2. The molecule has 3 N–H and O–H groups in total. The molecule has 3 unspecified atom stereocenters. The second kappa shape index (κ2) is 9.37. The Labute approximate surface area is 176 Å². The van der Waals surface area contributed by atoms with E-state index >= 15 is 0 Å². The molecule has 4 rings (SSSR count). The van der Waals surface area contributed by atoms with Gasteiger partial charge in [-0.05, 0) is 23.1 Å². The molecule has 1 saturated heterocycles. The minimum absolute atomic E-state index is 0.212. The third-order valence-electron chi connectivity index (χ3n) is 5.53. The van der Waals surface area contributed by atoms with Gasteiger partial charge in [-0.3, -0.25) is 15.0 Å². The van der Waals surface area contributed by atoms with Crippen LogP contribution in [0.25, 0.3) is 0 Å². The highest BCUT2D eigenvalue weighted by Crippen LogP contribution is 2.39. The molecule has 2 amide bonds. The van der Waals surface area contributed by atoms with Crippen LogP contribution in [0.4, 0.5) is 0 Å². The number of nitrogens with one attached hydrogen (secondary N) is 3. The lowest BCUT2D eigenvalue weighted by atomic mass is 9.76. The van der Waals surface area contributed by atoms with Gasteiger partial charge in [0.1, 0.15) is 5.92 Å². The predicted molar refractivity (Wildman–Crippen MR) is 116 cm³/mol. The fourth-order valence-electron chi connectivity index (χ4n) is 4.05. The first-order valence-corrected chi connectivity index (χ1v) is 10.2. The van der Waals surface area contributed by atoms with Gasteiger partial charge in [-0.25, -0.2) is 5.43 Å². The molecule has 0 saturated carbocycles. The van der Waals surface area contributed by atoms with E-state index in [0.717, 1.165) is 23.1 Å². The molecule has 1 aliphatic heterocycles. The largest absolute Gasteiger partial charge is 0.355 e. The average Bonchev–Trinajstić information content (AvgIpc) is 2.80. The van der Waals surface area contributed by atoms with E-state index < -0.39 is 5.92 Å². The van der Waals surface area contributed by atoms with E-state index in [0.29, 0.717) is 6.54 Å². The Hall–Kier alpha value is -3.44. The Balaban J connectivity index is 1.58. The summed E-state index contributed by atoms with van der Waals surface area (Å²) in [6.07, 6.45) is 0.720. The Morgan fingerprint density at radius 2 is 1.37 bits per heavy atom. The molecular formula is C25H25N3O2. The zero-order chi connectivity index (χ0) is 20.8. The minimum Gasteiger partial charge on any atom is -0.355 e. The zero-order valence-corrected chi connectivity index (χ0v) is 16.6. The number of carbonyl (C=O) groups excluding carboxylic acids is 2. The Kier molecular flexibility index (Phi) is 6.20. The summed E-state index contributed by atoms with van der Waals surface area (Å²) in [6.45, 7) is 0.484. The first-order valence-electron chi connectivity index (χ1n) is 10.2. The molecule has 3 aromatic rings. The van der Waals surface area contributed by atoms with Gasteiger partial charge in [-0.2, -0.15) is 0 Å². The lowest BCUT2D eigenvalue weighted by Gasteiger charge is -2.38. The number of hydrogen-bond donors (Lipinski definition) is 3. The van der Waals surface area contributed by atoms with Crippen LogP contribution in [0.5, 0.6) is 0 Å². The van der Waals surface area contributed by atoms with Gasteiger partial charge in [0, 0.05) is 12.5 Å². The minimum atomic E-state index is -0.824. The van der Waals surface area contributed by atoms with E-state index in [1.165, 1.54) is 0 Å². The van der Waals surface area contributed by atoms with Crippen LogP contribution in [0.3, 0.4) is 0 Å². The third-order valence-corrected chi connectivity index (χ3v) is 5.53. The van der Waals surface area contributed by atoms with Gasteiger partial charge in [0.2, 0.25) is 11.8 Å². The van der Waals surface area contributed by atoms with Crippen LogP contribution in [-0.4, -0.2) is 18.4 Å². The summed E-state index contributed by atoms with van der Waals surface area (Å²) in [5.41, 5.74) is 8.97. The predicted octanol–water partition coefficient (Wildman–Crippen LogP) is 3.12. The number of hydrazine groups is 1. The van der Waals surface area contributed by atoms with Crippen molar-refractivity contribution in [2.45, 2.75) is 18.4 Å². The van der Waals surface area contributed by atoms with Crippen molar-refractivity contribution in [3.05, 3.63) is 108 Å². The lowest BCUT2D eigenvalue weighted by molar-refractivity contribution is -0.139. The van der Waals surface area contributed by atoms with Crippen LogP contribution in [0, 0.1) is 5.92 Å². The number of benzene rings is 3. The highest BCUT2D eigenvalue weighted by Gasteiger charge is 2.44. The van der Waals surface area contributed by atoms with Crippen molar-refractivity contribution in [3.63, 3.8) is 0 Å². The molecule has 0 radical (unpaired) electrons. The van der Waals surface area contributed by atoms with Gasteiger partial charge in [0.05, 0.1) is 6.04 Å². The molecule has 152 valence electrons. The van der Waals surface area contributed by atoms with Gasteiger partial charge < -0.3 is 5.32 Å². The van der Waals surface area contributed by atoms with E-state index in [9.17, 15) is 9.59 Å². The van der Waals surface area contributed by atoms with Crippen LogP contribution < -0.4 is 16.2 Å². The first kappa shape index (κ1) is 19.9. The monoisotopic (exact) mass is 399 g/mol. The summed E-state index contributed by atoms with van der Waals surface area (Å²) in [5.74, 6) is -1.71. The summed E-state index contributed by atoms with van der Waals surface area (Å²) in [6, 6.07) is 29.4. The summed E-state index contributed by atoms with van der Waals surface area (Å²) < 4.78 is 0. The zero-order valence-electron chi connectivity index (χ0n) is 16.6. The highest BCUT2D eigenvalue weighted by atomic mass is 16.2. The van der Waals surface area contributed by atoms with E-state index in [4.69, 9.17) is 0 Å². The Morgan fingerprint density at radius 3 is 2.00 bits per heavy atom. The summed E-state index contributed by atoms with van der Waals surface area (Å²) >= 11 is 0. The molecule has 0 aromatic heterocycles. The molecule has 1 heterocycles. The highest BCUT2D eigenvalue weighted by molar-refractivity contribution is 6.01. The first-order chi connectivity index (χ1) is 14.7. The van der Waals surface area contributed by atoms with Crippen LogP contribution in [0.1, 0.15) is 28.7 Å². The van der Waals surface area contributed by atoms with Gasteiger partial charge in [-0.1, -0.05) is 91.0 Å². The quantitative estimate of drug-likeness (QED) is 0.558. The Morgan fingerprint density at radius 1 is 0.800 bits per heavy atom. The molecule has 1 fully saturated rings. The lowest BCUT2D eigenvalue weighted by Crippen LogP contribution is -2.57. The molecule has 3 aromatic carbocycles. The molecule has 0 spiro atoms. The van der Waals surface area contributed by atoms with Crippen molar-refractivity contribution in [2.24, 2.45) is 5.92 Å². The molecule has 0 bridgehead atoms. The van der Waals surface area contributed by atoms with E-state index in [2.05, 4.69) is 16.2 Å². The molecule has 30 heavy (non-hydrogen) atoms. The Bertz CT molecular complexity index is 977. The maximum absolute atomic E-state index is 13.2. The van der Waals surface area contributed by atoms with Crippen LogP contribution in [0.2, 0.25) is 0 Å². The second-order valence-electron chi connectivity index (χ2n) is 7.46. The van der Waals surface area contributed by atoms with E-state index in [-0.39, 0.29) is 23.8 Å². The normalized spacial score (nSPS) is 20.9. The van der Waals surface area contributed by atoms with Crippen molar-refractivity contribution in [1.82, 2.24) is 16.2 Å². The average molecular weight is 399 g/mol. The molecule has 0 aliphatic carbocycles. The van der Waals surface area contributed by atoms with Crippen LogP contribution >= 0.6 is 0 Å². The second-order valence-corrected chi connectivity index (χ2v) is 7.46. The van der Waals surface area contributed by atoms with E-state index in [1.807, 2.05) is 91.0 Å². The van der Waals surface area contributed by atoms with Crippen molar-refractivity contribution in [2.75, 3.05) is 6.54 Å². The van der Waals surface area contributed by atoms with Gasteiger partial charge in [0.15, 0.2) is 0 Å². The smallest absolute Gasteiger partial charge is 0.247 e. The summed E-state index contributed by atoms with van der Waals surface area (Å²) in [4.78, 5) is 26.0. The fourth-order valence-corrected chi connectivity index (χ4v) is 4.05. The molecule has 1 aliphatic rings. The molecule has 5 nitrogen and oxygen atoms in total. The topological polar surface area (TPSA) is 70.2 Å². The maximum Gasteiger partial charge on any atom is 0.247 e. The van der Waals surface area contributed by atoms with Crippen molar-refractivity contribution < 1.29 is 9.59 Å². The van der Waals surface area contributed by atoms with Crippen molar-refractivity contribution in [3.8, 4) is 0 Å². The number of rotatable bonds is 6. The van der Waals surface area contributed by atoms with Gasteiger partial charge in [-0.15, -0.1) is 0 Å².